The van der Waals surface area contributed by atoms with Crippen LogP contribution < -0.4 is 15.4 Å². The molecule has 0 saturated heterocycles. The molecule has 0 bridgehead atoms. The Bertz CT molecular complexity index is 753. The van der Waals surface area contributed by atoms with Gasteiger partial charge in [0.05, 0.1) is 12.8 Å². The zero-order chi connectivity index (χ0) is 16.8. The van der Waals surface area contributed by atoms with Gasteiger partial charge in [0.2, 0.25) is 0 Å². The van der Waals surface area contributed by atoms with Gasteiger partial charge in [0, 0.05) is 16.8 Å². The smallest absolute Gasteiger partial charge is 0.267 e. The second-order valence-electron chi connectivity index (χ2n) is 4.66. The first kappa shape index (κ1) is 16.5. The van der Waals surface area contributed by atoms with Crippen LogP contribution in [0.1, 0.15) is 10.6 Å². The second-order valence-corrected chi connectivity index (χ2v) is 5.86. The van der Waals surface area contributed by atoms with Crippen molar-refractivity contribution in [1.29, 1.82) is 5.26 Å². The highest BCUT2D eigenvalue weighted by atomic mass is 32.1. The molecule has 2 N–H and O–H groups in total. The average molecular weight is 328 g/mol. The summed E-state index contributed by atoms with van der Waals surface area (Å²) in [5.74, 6) is 0.199. The quantitative estimate of drug-likeness (QED) is 0.650. The van der Waals surface area contributed by atoms with Crippen molar-refractivity contribution >= 4 is 28.1 Å². The first-order valence-corrected chi connectivity index (χ1v) is 7.61. The number of aryl methyl sites for hydroxylation is 2. The summed E-state index contributed by atoms with van der Waals surface area (Å²) >= 11 is 1.46. The van der Waals surface area contributed by atoms with Crippen LogP contribution in [0.15, 0.2) is 36.0 Å². The number of carbonyl (C=O) groups excluding carboxylic acids is 1. The van der Waals surface area contributed by atoms with Gasteiger partial charge in [0.1, 0.15) is 17.4 Å². The number of methoxy groups -OCH3 is 1. The summed E-state index contributed by atoms with van der Waals surface area (Å²) in [6.07, 6.45) is 1.36. The molecule has 0 radical (unpaired) electrons. The van der Waals surface area contributed by atoms with Crippen LogP contribution in [-0.4, -0.2) is 18.0 Å². The molecular formula is C16H16N4O2S. The van der Waals surface area contributed by atoms with Crippen molar-refractivity contribution in [2.45, 2.75) is 13.8 Å². The monoisotopic (exact) mass is 328 g/mol. The molecule has 0 unspecified atom stereocenters. The number of nitriles is 1. The molecule has 0 saturated carbocycles. The maximum absolute atomic E-state index is 12.1. The van der Waals surface area contributed by atoms with Crippen LogP contribution in [0, 0.1) is 25.2 Å². The second kappa shape index (κ2) is 7.42. The predicted octanol–water partition coefficient (Wildman–Crippen LogP) is 3.23. The number of nitrogens with one attached hydrogen (secondary N) is 2. The van der Waals surface area contributed by atoms with Crippen LogP contribution in [0.2, 0.25) is 0 Å². The number of benzene rings is 1. The van der Waals surface area contributed by atoms with Crippen molar-refractivity contribution in [1.82, 2.24) is 4.98 Å². The van der Waals surface area contributed by atoms with E-state index in [1.807, 2.05) is 19.9 Å². The van der Waals surface area contributed by atoms with E-state index >= 15 is 0 Å². The molecule has 0 aliphatic heterocycles. The third-order valence-electron chi connectivity index (χ3n) is 3.08. The molecule has 1 aromatic heterocycles. The highest BCUT2D eigenvalue weighted by molar-refractivity contribution is 7.15. The van der Waals surface area contributed by atoms with E-state index in [9.17, 15) is 4.79 Å². The number of amides is 1. The van der Waals surface area contributed by atoms with Gasteiger partial charge >= 0.3 is 0 Å². The fourth-order valence-electron chi connectivity index (χ4n) is 1.69. The van der Waals surface area contributed by atoms with Crippen LogP contribution >= 0.6 is 11.3 Å². The van der Waals surface area contributed by atoms with Crippen molar-refractivity contribution in [3.05, 3.63) is 46.6 Å². The number of carbonyl (C=O) groups is 1. The van der Waals surface area contributed by atoms with Crippen LogP contribution in [0.3, 0.4) is 0 Å². The number of thiazole rings is 1. The minimum absolute atomic E-state index is 0.0358. The van der Waals surface area contributed by atoms with E-state index in [2.05, 4.69) is 15.6 Å². The lowest BCUT2D eigenvalue weighted by Crippen LogP contribution is -2.14. The molecule has 23 heavy (non-hydrogen) atoms. The van der Waals surface area contributed by atoms with Gasteiger partial charge in [-0.1, -0.05) is 0 Å². The van der Waals surface area contributed by atoms with E-state index in [1.54, 1.807) is 31.4 Å². The lowest BCUT2D eigenvalue weighted by atomic mass is 10.2. The summed E-state index contributed by atoms with van der Waals surface area (Å²) in [6, 6.07) is 8.73. The summed E-state index contributed by atoms with van der Waals surface area (Å²) in [5.41, 5.74) is 1.47. The molecule has 1 aromatic carbocycles. The molecule has 0 fully saturated rings. The van der Waals surface area contributed by atoms with Crippen molar-refractivity contribution in [2.24, 2.45) is 0 Å². The topological polar surface area (TPSA) is 87.0 Å². The molecule has 0 aliphatic rings. The minimum Gasteiger partial charge on any atom is -0.497 e. The molecule has 0 atom stereocenters. The minimum atomic E-state index is -0.491. The molecule has 118 valence electrons. The zero-order valence-electron chi connectivity index (χ0n) is 13.0. The van der Waals surface area contributed by atoms with Crippen LogP contribution in [0.4, 0.5) is 10.8 Å². The summed E-state index contributed by atoms with van der Waals surface area (Å²) < 4.78 is 5.05. The Balaban J connectivity index is 2.05. The number of hydrogen-bond acceptors (Lipinski definition) is 6. The molecule has 2 aromatic rings. The summed E-state index contributed by atoms with van der Waals surface area (Å²) in [4.78, 5) is 17.5. The number of hydrogen-bond donors (Lipinski definition) is 2. The largest absolute Gasteiger partial charge is 0.497 e. The first-order valence-electron chi connectivity index (χ1n) is 6.79. The number of nitrogens with zero attached hydrogens (tertiary/aromatic N) is 2. The Hall–Kier alpha value is -2.85. The van der Waals surface area contributed by atoms with Crippen molar-refractivity contribution < 1.29 is 9.53 Å². The third kappa shape index (κ3) is 4.31. The maximum atomic E-state index is 12.1. The standard InChI is InChI=1S/C16H16N4O2S/c1-10-11(2)23-16(19-10)18-9-12(8-17)15(21)20-13-4-6-14(22-3)7-5-13/h4-7,9H,1-3H3,(H,18,19)(H,20,21)/b12-9-. The number of rotatable bonds is 5. The molecule has 2 rings (SSSR count). The van der Waals surface area contributed by atoms with E-state index in [-0.39, 0.29) is 5.57 Å². The highest BCUT2D eigenvalue weighted by Gasteiger charge is 2.10. The van der Waals surface area contributed by atoms with Gasteiger partial charge in [-0.3, -0.25) is 4.79 Å². The number of anilines is 2. The molecule has 1 heterocycles. The molecule has 7 heteroatoms. The molecule has 0 spiro atoms. The molecular weight excluding hydrogens is 312 g/mol. The van der Waals surface area contributed by atoms with Gasteiger partial charge in [-0.05, 0) is 38.1 Å². The predicted molar refractivity (Wildman–Crippen MR) is 90.5 cm³/mol. The molecule has 0 aliphatic carbocycles. The Morgan fingerprint density at radius 3 is 2.57 bits per heavy atom. The van der Waals surface area contributed by atoms with Gasteiger partial charge in [-0.2, -0.15) is 5.26 Å². The number of aromatic nitrogens is 1. The van der Waals surface area contributed by atoms with Gasteiger partial charge in [0.15, 0.2) is 5.13 Å². The Morgan fingerprint density at radius 2 is 2.04 bits per heavy atom. The van der Waals surface area contributed by atoms with Crippen LogP contribution in [0.25, 0.3) is 0 Å². The van der Waals surface area contributed by atoms with Gasteiger partial charge in [-0.15, -0.1) is 11.3 Å². The third-order valence-corrected chi connectivity index (χ3v) is 4.09. The fourth-order valence-corrected chi connectivity index (χ4v) is 2.47. The zero-order valence-corrected chi connectivity index (χ0v) is 13.8. The molecule has 6 nitrogen and oxygen atoms in total. The Morgan fingerprint density at radius 1 is 1.35 bits per heavy atom. The van der Waals surface area contributed by atoms with E-state index in [4.69, 9.17) is 10.00 Å². The molecule has 1 amide bonds. The van der Waals surface area contributed by atoms with Crippen molar-refractivity contribution in [3.63, 3.8) is 0 Å². The summed E-state index contributed by atoms with van der Waals surface area (Å²) in [5, 5.41) is 15.3. The Labute approximate surface area is 138 Å². The maximum Gasteiger partial charge on any atom is 0.267 e. The average Bonchev–Trinajstić information content (AvgIpc) is 2.87. The van der Waals surface area contributed by atoms with Gasteiger partial charge in [-0.25, -0.2) is 4.98 Å². The summed E-state index contributed by atoms with van der Waals surface area (Å²) in [7, 11) is 1.57. The van der Waals surface area contributed by atoms with E-state index in [1.165, 1.54) is 17.5 Å². The first-order chi connectivity index (χ1) is 11.0. The number of ether oxygens (including phenoxy) is 1. The van der Waals surface area contributed by atoms with Crippen LogP contribution in [0.5, 0.6) is 5.75 Å². The lowest BCUT2D eigenvalue weighted by Gasteiger charge is -2.05. The van der Waals surface area contributed by atoms with E-state index < -0.39 is 5.91 Å². The van der Waals surface area contributed by atoms with Gasteiger partial charge in [0.25, 0.3) is 5.91 Å². The van der Waals surface area contributed by atoms with Crippen molar-refractivity contribution in [2.75, 3.05) is 17.7 Å². The Kier molecular flexibility index (Phi) is 5.33. The van der Waals surface area contributed by atoms with E-state index in [0.29, 0.717) is 16.6 Å². The highest BCUT2D eigenvalue weighted by Crippen LogP contribution is 2.21. The normalized spacial score (nSPS) is 10.8. The van der Waals surface area contributed by atoms with E-state index in [0.717, 1.165) is 10.6 Å². The van der Waals surface area contributed by atoms with Crippen LogP contribution in [-0.2, 0) is 4.79 Å². The SMILES string of the molecule is COc1ccc(NC(=O)/C(C#N)=C\Nc2nc(C)c(C)s2)cc1. The summed E-state index contributed by atoms with van der Waals surface area (Å²) in [6.45, 7) is 3.87. The van der Waals surface area contributed by atoms with Gasteiger partial charge < -0.3 is 15.4 Å². The lowest BCUT2D eigenvalue weighted by molar-refractivity contribution is -0.112. The fraction of sp³-hybridized carbons (Fsp3) is 0.188. The van der Waals surface area contributed by atoms with Crippen molar-refractivity contribution in [3.8, 4) is 11.8 Å².